The number of aldehydes is 1. The van der Waals surface area contributed by atoms with Crippen LogP contribution < -0.4 is 10.2 Å². The number of benzene rings is 2. The van der Waals surface area contributed by atoms with E-state index in [2.05, 4.69) is 15.2 Å². The molecule has 1 aliphatic rings. The highest BCUT2D eigenvalue weighted by Crippen LogP contribution is 2.33. The molecule has 3 aromatic rings. The molecule has 4 rings (SSSR count). The van der Waals surface area contributed by atoms with Crippen LogP contribution in [0.5, 0.6) is 0 Å². The molecule has 0 radical (unpaired) electrons. The third kappa shape index (κ3) is 3.85. The highest BCUT2D eigenvalue weighted by atomic mass is 32.1. The molecule has 2 heterocycles. The Morgan fingerprint density at radius 3 is 2.78 bits per heavy atom. The number of fused-ring (bicyclic) bond motifs is 1. The van der Waals surface area contributed by atoms with Crippen LogP contribution in [0.3, 0.4) is 0 Å². The number of thiazole rings is 1. The summed E-state index contributed by atoms with van der Waals surface area (Å²) in [5, 5.41) is 3.79. The molecule has 1 N–H and O–H groups in total. The zero-order valence-electron chi connectivity index (χ0n) is 14.9. The fourth-order valence-electron chi connectivity index (χ4n) is 3.53. The summed E-state index contributed by atoms with van der Waals surface area (Å²) in [5.74, 6) is -0.0974. The van der Waals surface area contributed by atoms with Gasteiger partial charge in [0.1, 0.15) is 12.3 Å². The van der Waals surface area contributed by atoms with Gasteiger partial charge >= 0.3 is 0 Å². The van der Waals surface area contributed by atoms with Crippen molar-refractivity contribution in [2.24, 2.45) is 0 Å². The first kappa shape index (κ1) is 17.7. The lowest BCUT2D eigenvalue weighted by atomic mass is 10.1. The lowest BCUT2D eigenvalue weighted by molar-refractivity contribution is -0.124. The summed E-state index contributed by atoms with van der Waals surface area (Å²) in [4.78, 5) is 31.1. The zero-order chi connectivity index (χ0) is 18.6. The molecule has 0 spiro atoms. The van der Waals surface area contributed by atoms with Gasteiger partial charge in [-0.1, -0.05) is 53.8 Å². The summed E-state index contributed by atoms with van der Waals surface area (Å²) in [6, 6.07) is 16.9. The number of aromatic nitrogens is 1. The summed E-state index contributed by atoms with van der Waals surface area (Å²) in [5.41, 5.74) is 1.99. The molecule has 138 valence electrons. The Bertz CT molecular complexity index is 908. The van der Waals surface area contributed by atoms with Crippen LogP contribution in [-0.2, 0) is 16.0 Å². The Balaban J connectivity index is 1.47. The predicted octanol–water partition coefficient (Wildman–Crippen LogP) is 3.19. The third-order valence-corrected chi connectivity index (χ3v) is 5.95. The van der Waals surface area contributed by atoms with Crippen molar-refractivity contribution in [3.05, 3.63) is 60.2 Å². The van der Waals surface area contributed by atoms with E-state index in [4.69, 9.17) is 0 Å². The van der Waals surface area contributed by atoms with Gasteiger partial charge in [0.25, 0.3) is 0 Å². The van der Waals surface area contributed by atoms with E-state index in [0.717, 1.165) is 46.6 Å². The molecule has 5 nitrogen and oxygen atoms in total. The highest BCUT2D eigenvalue weighted by molar-refractivity contribution is 7.22. The maximum atomic E-state index is 12.9. The number of nitrogens with zero attached hydrogens (tertiary/aromatic N) is 2. The molecule has 1 aliphatic heterocycles. The van der Waals surface area contributed by atoms with Gasteiger partial charge < -0.3 is 15.0 Å². The lowest BCUT2D eigenvalue weighted by Crippen LogP contribution is -2.48. The number of anilines is 1. The molecule has 1 aromatic heterocycles. The SMILES string of the molecule is O=C[C@H](Cc1ccccc1)NC(=O)[C@@H]1CCCN1c1nc2ccccc2s1. The van der Waals surface area contributed by atoms with Crippen LogP contribution in [0, 0.1) is 0 Å². The number of amides is 1. The van der Waals surface area contributed by atoms with Crippen LogP contribution >= 0.6 is 11.3 Å². The fraction of sp³-hybridized carbons (Fsp3) is 0.286. The van der Waals surface area contributed by atoms with Crippen molar-refractivity contribution in [1.82, 2.24) is 10.3 Å². The van der Waals surface area contributed by atoms with Gasteiger partial charge in [0.2, 0.25) is 5.91 Å². The van der Waals surface area contributed by atoms with Crippen molar-refractivity contribution >= 4 is 38.9 Å². The molecular formula is C21H21N3O2S. The van der Waals surface area contributed by atoms with Gasteiger partial charge in [0.05, 0.1) is 16.3 Å². The second-order valence-electron chi connectivity index (χ2n) is 6.76. The molecule has 2 atom stereocenters. The molecule has 1 saturated heterocycles. The standard InChI is InChI=1S/C21H21N3O2S/c25-14-16(13-15-7-2-1-3-8-15)22-20(26)18-10-6-12-24(18)21-23-17-9-4-5-11-19(17)27-21/h1-5,7-9,11,14,16,18H,6,10,12-13H2,(H,22,26)/t16-,18-/m0/s1. The maximum Gasteiger partial charge on any atom is 0.243 e. The van der Waals surface area contributed by atoms with E-state index in [0.29, 0.717) is 6.42 Å². The van der Waals surface area contributed by atoms with Crippen LogP contribution in [0.1, 0.15) is 18.4 Å². The van der Waals surface area contributed by atoms with E-state index in [1.165, 1.54) is 0 Å². The number of hydrogen-bond acceptors (Lipinski definition) is 5. The Labute approximate surface area is 162 Å². The summed E-state index contributed by atoms with van der Waals surface area (Å²) >= 11 is 1.61. The van der Waals surface area contributed by atoms with Gasteiger partial charge in [-0.2, -0.15) is 0 Å². The minimum atomic E-state index is -0.516. The molecule has 0 saturated carbocycles. The van der Waals surface area contributed by atoms with Crippen LogP contribution in [-0.4, -0.2) is 35.8 Å². The van der Waals surface area contributed by atoms with Gasteiger partial charge in [-0.3, -0.25) is 4.79 Å². The van der Waals surface area contributed by atoms with Crippen molar-refractivity contribution in [3.63, 3.8) is 0 Å². The van der Waals surface area contributed by atoms with E-state index in [9.17, 15) is 9.59 Å². The number of para-hydroxylation sites is 1. The molecule has 0 bridgehead atoms. The van der Waals surface area contributed by atoms with Crippen LogP contribution in [0.15, 0.2) is 54.6 Å². The lowest BCUT2D eigenvalue weighted by Gasteiger charge is -2.24. The predicted molar refractivity (Wildman–Crippen MR) is 108 cm³/mol. The van der Waals surface area contributed by atoms with Crippen LogP contribution in [0.4, 0.5) is 5.13 Å². The van der Waals surface area contributed by atoms with Crippen LogP contribution in [0.25, 0.3) is 10.2 Å². The van der Waals surface area contributed by atoms with E-state index < -0.39 is 6.04 Å². The normalized spacial score (nSPS) is 17.8. The van der Waals surface area contributed by atoms with Gasteiger partial charge in [0.15, 0.2) is 5.13 Å². The van der Waals surface area contributed by atoms with Gasteiger partial charge in [-0.05, 0) is 37.0 Å². The van der Waals surface area contributed by atoms with Gasteiger partial charge in [0, 0.05) is 6.54 Å². The van der Waals surface area contributed by atoms with Crippen molar-refractivity contribution in [3.8, 4) is 0 Å². The zero-order valence-corrected chi connectivity index (χ0v) is 15.7. The second-order valence-corrected chi connectivity index (χ2v) is 7.77. The summed E-state index contributed by atoms with van der Waals surface area (Å²) in [6.07, 6.45) is 3.04. The van der Waals surface area contributed by atoms with Crippen molar-refractivity contribution < 1.29 is 9.59 Å². The first-order valence-corrected chi connectivity index (χ1v) is 9.98. The summed E-state index contributed by atoms with van der Waals surface area (Å²) < 4.78 is 1.12. The Morgan fingerprint density at radius 2 is 2.00 bits per heavy atom. The Hall–Kier alpha value is -2.73. The third-order valence-electron chi connectivity index (χ3n) is 4.87. The topological polar surface area (TPSA) is 62.3 Å². The molecule has 27 heavy (non-hydrogen) atoms. The molecule has 2 aromatic carbocycles. The smallest absolute Gasteiger partial charge is 0.243 e. The molecule has 1 amide bonds. The number of nitrogens with one attached hydrogen (secondary N) is 1. The maximum absolute atomic E-state index is 12.9. The van der Waals surface area contributed by atoms with Crippen molar-refractivity contribution in [2.45, 2.75) is 31.3 Å². The largest absolute Gasteiger partial charge is 0.344 e. The second kappa shape index (κ2) is 7.88. The molecule has 0 aliphatic carbocycles. The number of hydrogen-bond donors (Lipinski definition) is 1. The van der Waals surface area contributed by atoms with E-state index in [1.54, 1.807) is 11.3 Å². The molecule has 1 fully saturated rings. The summed E-state index contributed by atoms with van der Waals surface area (Å²) in [7, 11) is 0. The Morgan fingerprint density at radius 1 is 1.22 bits per heavy atom. The first-order chi connectivity index (χ1) is 13.2. The summed E-state index contributed by atoms with van der Waals surface area (Å²) in [6.45, 7) is 0.808. The Kier molecular flexibility index (Phi) is 5.16. The molecule has 0 unspecified atom stereocenters. The highest BCUT2D eigenvalue weighted by Gasteiger charge is 2.33. The van der Waals surface area contributed by atoms with E-state index in [-0.39, 0.29) is 11.9 Å². The number of carbonyl (C=O) groups is 2. The minimum absolute atomic E-state index is 0.0974. The average molecular weight is 379 g/mol. The fourth-order valence-corrected chi connectivity index (χ4v) is 4.57. The molecular weight excluding hydrogens is 358 g/mol. The minimum Gasteiger partial charge on any atom is -0.344 e. The van der Waals surface area contributed by atoms with Crippen molar-refractivity contribution in [2.75, 3.05) is 11.4 Å². The number of carbonyl (C=O) groups excluding carboxylic acids is 2. The number of rotatable bonds is 6. The quantitative estimate of drug-likeness (QED) is 0.668. The molecule has 6 heteroatoms. The van der Waals surface area contributed by atoms with Crippen molar-refractivity contribution in [1.29, 1.82) is 0 Å². The van der Waals surface area contributed by atoms with Gasteiger partial charge in [-0.15, -0.1) is 0 Å². The average Bonchev–Trinajstić information content (AvgIpc) is 3.34. The van der Waals surface area contributed by atoms with E-state index in [1.807, 2.05) is 54.6 Å². The monoisotopic (exact) mass is 379 g/mol. The van der Waals surface area contributed by atoms with Gasteiger partial charge in [-0.25, -0.2) is 4.98 Å². The first-order valence-electron chi connectivity index (χ1n) is 9.16. The van der Waals surface area contributed by atoms with Crippen LogP contribution in [0.2, 0.25) is 0 Å². The van der Waals surface area contributed by atoms with E-state index >= 15 is 0 Å².